The van der Waals surface area contributed by atoms with Crippen LogP contribution in [0.5, 0.6) is 46.0 Å². The van der Waals surface area contributed by atoms with Crippen LogP contribution in [0.1, 0.15) is 320 Å². The number of hydrogen-bond acceptors (Lipinski definition) is 14. The largest absolute Gasteiger partial charge is 0.508 e. The van der Waals surface area contributed by atoms with E-state index in [1.165, 1.54) is 0 Å². The number of phenols is 2. The minimum Gasteiger partial charge on any atom is -0.508 e. The Balaban J connectivity index is 1.45. The molecule has 4 aromatic rings. The third-order valence-electron chi connectivity index (χ3n) is 23.0. The number of hydrogen-bond donors (Lipinski definition) is 2. The molecule has 96 heavy (non-hydrogen) atoms. The van der Waals surface area contributed by atoms with Gasteiger partial charge in [-0.2, -0.15) is 16.8 Å². The zero-order valence-electron chi connectivity index (χ0n) is 61.0. The number of fused-ring (bicyclic) bond motifs is 12. The van der Waals surface area contributed by atoms with Crippen LogP contribution in [-0.2, 0) is 29.8 Å². The first-order chi connectivity index (χ1) is 45.3. The molecule has 0 heterocycles. The molecule has 0 saturated heterocycles. The lowest BCUT2D eigenvalue weighted by atomic mass is 9.70. The van der Waals surface area contributed by atoms with Crippen LogP contribution in [0.4, 0.5) is 0 Å². The first kappa shape index (κ1) is 74.7. The number of ether oxygens (including phenoxy) is 4. The second kappa shape index (κ2) is 30.2. The molecule has 2 N–H and O–H groups in total. The van der Waals surface area contributed by atoms with Crippen molar-refractivity contribution < 1.29 is 64.0 Å². The van der Waals surface area contributed by atoms with Gasteiger partial charge in [-0.15, -0.1) is 0 Å². The Kier molecular flexibility index (Phi) is 23.5. The molecule has 0 radical (unpaired) electrons. The molecule has 0 amide bonds. The highest BCUT2D eigenvalue weighted by Crippen LogP contribution is 2.66. The maximum atomic E-state index is 15.5. The van der Waals surface area contributed by atoms with Gasteiger partial charge in [0.1, 0.15) is 57.6 Å². The van der Waals surface area contributed by atoms with E-state index in [0.717, 1.165) is 77.0 Å². The van der Waals surface area contributed by atoms with Crippen LogP contribution in [0.15, 0.2) is 48.5 Å². The fourth-order valence-electron chi connectivity index (χ4n) is 17.6. The zero-order chi connectivity index (χ0) is 70.0. The molecule has 532 valence electrons. The SMILES string of the molecule is CCCCCC1c2cc(c(OC(C)C)cc2O)C(CCCCC)c2cc(c(OC(C)C)cc2OS(=O)(=O)C[C@]23CC[C@H](CC2=O)C3(C)C)C(CCCCC)c2cc(c(OC(C)C)cc2O)C(CCCCC)c2cc1c(OC(C)C)cc2OS(=O)(=O)C[C@]12CC[C@H](CC1=O)C2(C)C. The Hall–Kier alpha value is -5.48. The number of Topliss-reactive ketones (excluding diaryl/α,β-unsaturated/α-hetero) is 2. The van der Waals surface area contributed by atoms with Crippen molar-refractivity contribution in [3.63, 3.8) is 0 Å². The minimum absolute atomic E-state index is 0.0214. The van der Waals surface area contributed by atoms with Crippen LogP contribution < -0.4 is 27.3 Å². The summed E-state index contributed by atoms with van der Waals surface area (Å²) in [5.74, 6) is -1.73. The number of phenolic OH excluding ortho intramolecular Hbond substituents is 2. The molecule has 0 aromatic heterocycles. The number of rotatable bonds is 32. The highest BCUT2D eigenvalue weighted by Gasteiger charge is 2.67. The predicted octanol–water partition coefficient (Wildman–Crippen LogP) is 19.6. The summed E-state index contributed by atoms with van der Waals surface area (Å²) in [5, 5.41) is 26.2. The molecule has 4 aromatic carbocycles. The highest BCUT2D eigenvalue weighted by atomic mass is 32.2. The molecule has 8 atom stereocenters. The van der Waals surface area contributed by atoms with Gasteiger partial charge in [-0.05, 0) is 154 Å². The van der Waals surface area contributed by atoms with Crippen molar-refractivity contribution in [2.45, 2.75) is 300 Å². The van der Waals surface area contributed by atoms with Crippen LogP contribution in [0, 0.1) is 33.5 Å². The van der Waals surface area contributed by atoms with E-state index in [4.69, 9.17) is 27.3 Å². The van der Waals surface area contributed by atoms with E-state index in [9.17, 15) is 19.8 Å². The average molecular weight is 1370 g/mol. The molecule has 9 rings (SSSR count). The molecular weight excluding hydrogens is 1250 g/mol. The molecule has 16 heteroatoms. The summed E-state index contributed by atoms with van der Waals surface area (Å²) in [5.41, 5.74) is 1.67. The molecule has 0 spiro atoms. The smallest absolute Gasteiger partial charge is 0.310 e. The Labute approximate surface area is 576 Å². The molecular formula is C80H116O14S2. The highest BCUT2D eigenvalue weighted by molar-refractivity contribution is 7.87. The number of ketones is 2. The summed E-state index contributed by atoms with van der Waals surface area (Å²) in [6, 6.07) is 15.1. The summed E-state index contributed by atoms with van der Waals surface area (Å²) < 4.78 is 103. The van der Waals surface area contributed by atoms with Crippen molar-refractivity contribution in [2.24, 2.45) is 33.5 Å². The maximum Gasteiger partial charge on any atom is 0.310 e. The van der Waals surface area contributed by atoms with Gasteiger partial charge in [0, 0.05) is 105 Å². The third kappa shape index (κ3) is 15.3. The van der Waals surface area contributed by atoms with Gasteiger partial charge in [0.05, 0.1) is 46.8 Å². The van der Waals surface area contributed by atoms with Gasteiger partial charge in [-0.3, -0.25) is 9.59 Å². The number of carbonyl (C=O) groups excluding carboxylic acids is 2. The van der Waals surface area contributed by atoms with Crippen LogP contribution in [0.25, 0.3) is 0 Å². The third-order valence-corrected chi connectivity index (χ3v) is 25.6. The fourth-order valence-corrected chi connectivity index (χ4v) is 21.1. The van der Waals surface area contributed by atoms with Crippen LogP contribution in [0.3, 0.4) is 0 Å². The van der Waals surface area contributed by atoms with E-state index in [1.54, 1.807) is 24.3 Å². The van der Waals surface area contributed by atoms with Crippen molar-refractivity contribution in [1.82, 2.24) is 0 Å². The molecule has 12 bridgehead atoms. The van der Waals surface area contributed by atoms with E-state index in [-0.39, 0.29) is 58.6 Å². The fraction of sp³-hybridized carbons (Fsp3) is 0.675. The Morgan fingerprint density at radius 1 is 0.396 bits per heavy atom. The molecule has 5 aliphatic carbocycles. The summed E-state index contributed by atoms with van der Waals surface area (Å²) in [6.07, 6.45) is 13.5. The van der Waals surface area contributed by atoms with Gasteiger partial charge in [0.25, 0.3) is 0 Å². The number of benzene rings is 4. The second-order valence-electron chi connectivity index (χ2n) is 31.5. The van der Waals surface area contributed by atoms with Crippen molar-refractivity contribution >= 4 is 31.8 Å². The first-order valence-corrected chi connectivity index (χ1v) is 40.1. The predicted molar refractivity (Wildman–Crippen MR) is 382 cm³/mol. The molecule has 0 aliphatic heterocycles. The van der Waals surface area contributed by atoms with Crippen LogP contribution in [-0.4, -0.2) is 74.5 Å². The van der Waals surface area contributed by atoms with Crippen LogP contribution in [0.2, 0.25) is 0 Å². The normalized spacial score (nSPS) is 24.2. The molecule has 4 fully saturated rings. The number of carbonyl (C=O) groups is 2. The summed E-state index contributed by atoms with van der Waals surface area (Å²) in [6.45, 7) is 32.2. The quantitative estimate of drug-likeness (QED) is 0.0346. The molecule has 14 nitrogen and oxygen atoms in total. The van der Waals surface area contributed by atoms with Gasteiger partial charge in [0.15, 0.2) is 0 Å². The van der Waals surface area contributed by atoms with Gasteiger partial charge < -0.3 is 37.5 Å². The van der Waals surface area contributed by atoms with E-state index in [0.29, 0.717) is 132 Å². The Morgan fingerprint density at radius 3 is 0.906 bits per heavy atom. The summed E-state index contributed by atoms with van der Waals surface area (Å²) >= 11 is 0. The monoisotopic (exact) mass is 1360 g/mol. The summed E-state index contributed by atoms with van der Waals surface area (Å²) in [7, 11) is -9.09. The van der Waals surface area contributed by atoms with E-state index in [2.05, 4.69) is 27.7 Å². The van der Waals surface area contributed by atoms with Gasteiger partial charge in [0.2, 0.25) is 0 Å². The van der Waals surface area contributed by atoms with Crippen molar-refractivity contribution in [1.29, 1.82) is 0 Å². The van der Waals surface area contributed by atoms with Crippen molar-refractivity contribution in [3.8, 4) is 46.0 Å². The number of unbranched alkanes of at least 4 members (excludes halogenated alkanes) is 8. The standard InChI is InChI=1S/C80H116O14S2/c1-17-21-25-29-55-59-39-61(69(43-67(59)81)89-49(5)6)57(31-27-23-19-3)66-42-64(72(92-52(11)12)46-74(66)94-96(87,88)48-80-36-34-54(38-76(80)84)78(80,15)16)56(30-26-22-18-2)60-40-62(70(44-68(60)82)90-50(7)8)58(32-28-24-20-4)65-41-63(55)71(91-51(9)10)45-73(65)93-95(85,86)47-79-35-33-53(37-75(79)83)77(79,13)14/h39-46,49-58,81-82H,17-38,47-48H2,1-16H3/t53-,54-,55?,56?,57?,58?,79-,80-/m1/s1. The molecule has 4 saturated carbocycles. The lowest BCUT2D eigenvalue weighted by molar-refractivity contribution is -0.128. The van der Waals surface area contributed by atoms with Gasteiger partial charge in [-0.1, -0.05) is 132 Å². The minimum atomic E-state index is -4.55. The second-order valence-corrected chi connectivity index (χ2v) is 34.7. The van der Waals surface area contributed by atoms with E-state index < -0.39 is 89.3 Å². The maximum absolute atomic E-state index is 15.5. The zero-order valence-corrected chi connectivity index (χ0v) is 62.6. The van der Waals surface area contributed by atoms with Gasteiger partial charge in [-0.25, -0.2) is 0 Å². The van der Waals surface area contributed by atoms with E-state index >= 15 is 16.8 Å². The lowest BCUT2D eigenvalue weighted by Crippen LogP contribution is -2.43. The molecule has 5 aliphatic rings. The van der Waals surface area contributed by atoms with Crippen LogP contribution >= 0.6 is 0 Å². The lowest BCUT2D eigenvalue weighted by Gasteiger charge is -2.36. The van der Waals surface area contributed by atoms with E-state index in [1.807, 2.05) is 107 Å². The molecule has 4 unspecified atom stereocenters. The van der Waals surface area contributed by atoms with Gasteiger partial charge >= 0.3 is 20.2 Å². The first-order valence-electron chi connectivity index (χ1n) is 36.9. The van der Waals surface area contributed by atoms with Crippen molar-refractivity contribution in [3.05, 3.63) is 93.0 Å². The van der Waals surface area contributed by atoms with Crippen molar-refractivity contribution in [2.75, 3.05) is 11.5 Å². The Bertz CT molecular complexity index is 3420. The summed E-state index contributed by atoms with van der Waals surface area (Å²) in [4.78, 5) is 28.4. The Morgan fingerprint density at radius 2 is 0.656 bits per heavy atom. The average Bonchev–Trinajstić information content (AvgIpc) is 1.53. The number of aromatic hydroxyl groups is 2. The topological polar surface area (TPSA) is 198 Å².